The standard InChI is InChI=1S/C22H31N5O4S/c1-14(2)17-10-16(5)11-18(15(3)4)21(17)25-22(28)26-32(29,30)20-13-23-12-19(24-20)27-6-8-31-9-7-27/h10-15H,6-9H2,1-5H3,(H2,25,26,28). The van der Waals surface area contributed by atoms with Gasteiger partial charge in [-0.3, -0.25) is 4.98 Å². The number of aromatic nitrogens is 2. The minimum Gasteiger partial charge on any atom is -0.378 e. The Morgan fingerprint density at radius 2 is 1.66 bits per heavy atom. The van der Waals surface area contributed by atoms with Crippen molar-refractivity contribution in [3.8, 4) is 0 Å². The van der Waals surface area contributed by atoms with E-state index in [-0.39, 0.29) is 16.9 Å². The molecule has 1 aromatic heterocycles. The summed E-state index contributed by atoms with van der Waals surface area (Å²) >= 11 is 0. The first-order chi connectivity index (χ1) is 15.1. The SMILES string of the molecule is Cc1cc(C(C)C)c(NC(=O)NS(=O)(=O)c2cncc(N3CCOCC3)n2)c(C(C)C)c1. The van der Waals surface area contributed by atoms with Crippen molar-refractivity contribution in [2.24, 2.45) is 0 Å². The lowest BCUT2D eigenvalue weighted by Gasteiger charge is -2.27. The molecule has 32 heavy (non-hydrogen) atoms. The molecular formula is C22H31N5O4S. The van der Waals surface area contributed by atoms with Crippen LogP contribution < -0.4 is 14.9 Å². The first kappa shape index (κ1) is 23.9. The zero-order valence-electron chi connectivity index (χ0n) is 19.2. The summed E-state index contributed by atoms with van der Waals surface area (Å²) in [5.74, 6) is 0.727. The fourth-order valence-corrected chi connectivity index (χ4v) is 4.44. The van der Waals surface area contributed by atoms with Gasteiger partial charge < -0.3 is 15.0 Å². The van der Waals surface area contributed by atoms with Crippen LogP contribution in [0.15, 0.2) is 29.6 Å². The fraction of sp³-hybridized carbons (Fsp3) is 0.500. The van der Waals surface area contributed by atoms with Gasteiger partial charge in [-0.25, -0.2) is 14.5 Å². The molecule has 2 N–H and O–H groups in total. The van der Waals surface area contributed by atoms with Crippen LogP contribution in [0.2, 0.25) is 0 Å². The number of anilines is 2. The molecule has 0 radical (unpaired) electrons. The van der Waals surface area contributed by atoms with Gasteiger partial charge in [0, 0.05) is 18.8 Å². The highest BCUT2D eigenvalue weighted by molar-refractivity contribution is 7.90. The number of rotatable bonds is 6. The maximum atomic E-state index is 12.8. The largest absolute Gasteiger partial charge is 0.378 e. The normalized spacial score (nSPS) is 14.7. The van der Waals surface area contributed by atoms with Crippen LogP contribution in [0.5, 0.6) is 0 Å². The summed E-state index contributed by atoms with van der Waals surface area (Å²) < 4.78 is 33.1. The predicted molar refractivity (Wildman–Crippen MR) is 124 cm³/mol. The number of hydrogen-bond acceptors (Lipinski definition) is 7. The second-order valence-electron chi connectivity index (χ2n) is 8.50. The highest BCUT2D eigenvalue weighted by Gasteiger charge is 2.24. The first-order valence-corrected chi connectivity index (χ1v) is 12.2. The molecule has 1 fully saturated rings. The van der Waals surface area contributed by atoms with Gasteiger partial charge in [-0.1, -0.05) is 45.4 Å². The van der Waals surface area contributed by atoms with Crippen LogP contribution in [0.4, 0.5) is 16.3 Å². The number of morpholine rings is 1. The Hall–Kier alpha value is -2.72. The molecule has 174 valence electrons. The van der Waals surface area contributed by atoms with Crippen molar-refractivity contribution >= 4 is 27.6 Å². The smallest absolute Gasteiger partial charge is 0.333 e. The lowest BCUT2D eigenvalue weighted by Crippen LogP contribution is -2.38. The molecule has 0 aliphatic carbocycles. The molecule has 3 rings (SSSR count). The van der Waals surface area contributed by atoms with Crippen molar-refractivity contribution in [2.75, 3.05) is 36.5 Å². The van der Waals surface area contributed by atoms with Crippen molar-refractivity contribution in [2.45, 2.75) is 51.5 Å². The van der Waals surface area contributed by atoms with Gasteiger partial charge in [-0.15, -0.1) is 0 Å². The number of urea groups is 1. The first-order valence-electron chi connectivity index (χ1n) is 10.7. The van der Waals surface area contributed by atoms with Gasteiger partial charge in [0.2, 0.25) is 0 Å². The third-order valence-corrected chi connectivity index (χ3v) is 6.46. The Bertz CT molecular complexity index is 1050. The summed E-state index contributed by atoms with van der Waals surface area (Å²) in [4.78, 5) is 22.9. The number of nitrogens with one attached hydrogen (secondary N) is 2. The van der Waals surface area contributed by atoms with E-state index in [1.807, 2.05) is 51.7 Å². The van der Waals surface area contributed by atoms with Crippen molar-refractivity contribution in [1.29, 1.82) is 0 Å². The summed E-state index contributed by atoms with van der Waals surface area (Å²) in [7, 11) is -4.21. The Morgan fingerprint density at radius 3 is 2.22 bits per heavy atom. The van der Waals surface area contributed by atoms with E-state index in [0.717, 1.165) is 22.9 Å². The molecule has 9 nitrogen and oxygen atoms in total. The molecular weight excluding hydrogens is 430 g/mol. The second-order valence-corrected chi connectivity index (χ2v) is 10.1. The van der Waals surface area contributed by atoms with E-state index in [1.54, 1.807) is 0 Å². The average molecular weight is 462 g/mol. The van der Waals surface area contributed by atoms with Crippen LogP contribution in [0, 0.1) is 6.92 Å². The lowest BCUT2D eigenvalue weighted by molar-refractivity contribution is 0.122. The van der Waals surface area contributed by atoms with Gasteiger partial charge in [-0.2, -0.15) is 8.42 Å². The molecule has 0 bridgehead atoms. The van der Waals surface area contributed by atoms with Crippen LogP contribution in [0.1, 0.15) is 56.2 Å². The number of aryl methyl sites for hydroxylation is 1. The highest BCUT2D eigenvalue weighted by atomic mass is 32.2. The van der Waals surface area contributed by atoms with E-state index in [4.69, 9.17) is 4.74 Å². The number of sulfonamides is 1. The Labute approximate surface area is 189 Å². The number of carbonyl (C=O) groups is 1. The molecule has 0 unspecified atom stereocenters. The van der Waals surface area contributed by atoms with E-state index >= 15 is 0 Å². The van der Waals surface area contributed by atoms with Gasteiger partial charge in [0.05, 0.1) is 25.6 Å². The van der Waals surface area contributed by atoms with Crippen LogP contribution in [-0.2, 0) is 14.8 Å². The Kier molecular flexibility index (Phi) is 7.35. The lowest BCUT2D eigenvalue weighted by atomic mass is 9.90. The minimum atomic E-state index is -4.21. The van der Waals surface area contributed by atoms with Gasteiger partial charge in [0.15, 0.2) is 5.03 Å². The summed E-state index contributed by atoms with van der Waals surface area (Å²) in [6, 6.07) is 3.19. The molecule has 2 aromatic rings. The summed E-state index contributed by atoms with van der Waals surface area (Å²) in [5, 5.41) is 2.46. The number of carbonyl (C=O) groups excluding carboxylic acids is 1. The van der Waals surface area contributed by atoms with Crippen LogP contribution in [-0.4, -0.2) is 50.7 Å². The molecule has 0 spiro atoms. The van der Waals surface area contributed by atoms with E-state index in [1.165, 1.54) is 6.20 Å². The Balaban J connectivity index is 1.83. The number of benzene rings is 1. The number of amides is 2. The highest BCUT2D eigenvalue weighted by Crippen LogP contribution is 2.33. The van der Waals surface area contributed by atoms with Crippen molar-refractivity contribution in [3.63, 3.8) is 0 Å². The van der Waals surface area contributed by atoms with Gasteiger partial charge in [0.25, 0.3) is 10.0 Å². The van der Waals surface area contributed by atoms with Crippen LogP contribution in [0.25, 0.3) is 0 Å². The maximum absolute atomic E-state index is 12.8. The number of hydrogen-bond donors (Lipinski definition) is 2. The monoisotopic (exact) mass is 461 g/mol. The Morgan fingerprint density at radius 1 is 1.06 bits per heavy atom. The summed E-state index contributed by atoms with van der Waals surface area (Å²) in [6.45, 7) is 12.4. The summed E-state index contributed by atoms with van der Waals surface area (Å²) in [5.41, 5.74) is 3.64. The van der Waals surface area contributed by atoms with E-state index < -0.39 is 16.1 Å². The van der Waals surface area contributed by atoms with E-state index in [0.29, 0.717) is 37.8 Å². The van der Waals surface area contributed by atoms with E-state index in [2.05, 4.69) is 20.0 Å². The molecule has 1 aliphatic heterocycles. The molecule has 1 aliphatic rings. The van der Waals surface area contributed by atoms with E-state index in [9.17, 15) is 13.2 Å². The quantitative estimate of drug-likeness (QED) is 0.678. The van der Waals surface area contributed by atoms with Crippen molar-refractivity contribution in [1.82, 2.24) is 14.7 Å². The zero-order chi connectivity index (χ0) is 23.5. The molecule has 10 heteroatoms. The molecule has 0 saturated carbocycles. The fourth-order valence-electron chi connectivity index (χ4n) is 3.62. The average Bonchev–Trinajstić information content (AvgIpc) is 2.74. The third-order valence-electron chi connectivity index (χ3n) is 5.26. The zero-order valence-corrected chi connectivity index (χ0v) is 20.0. The van der Waals surface area contributed by atoms with Crippen LogP contribution >= 0.6 is 0 Å². The molecule has 1 aromatic carbocycles. The van der Waals surface area contributed by atoms with Gasteiger partial charge in [0.1, 0.15) is 5.82 Å². The van der Waals surface area contributed by atoms with Crippen molar-refractivity contribution in [3.05, 3.63) is 41.2 Å². The topological polar surface area (TPSA) is 114 Å². The molecule has 0 atom stereocenters. The summed E-state index contributed by atoms with van der Waals surface area (Å²) in [6.07, 6.45) is 2.63. The number of nitrogens with zero attached hydrogens (tertiary/aromatic N) is 3. The second kappa shape index (κ2) is 9.83. The molecule has 2 amide bonds. The number of ether oxygens (including phenoxy) is 1. The minimum absolute atomic E-state index is 0.148. The van der Waals surface area contributed by atoms with Gasteiger partial charge in [-0.05, 0) is 29.9 Å². The maximum Gasteiger partial charge on any atom is 0.333 e. The van der Waals surface area contributed by atoms with Crippen molar-refractivity contribution < 1.29 is 17.9 Å². The van der Waals surface area contributed by atoms with Crippen LogP contribution in [0.3, 0.4) is 0 Å². The van der Waals surface area contributed by atoms with Gasteiger partial charge >= 0.3 is 6.03 Å². The third kappa shape index (κ3) is 5.55. The molecule has 1 saturated heterocycles. The predicted octanol–water partition coefficient (Wildman–Crippen LogP) is 3.38. The molecule has 2 heterocycles.